The highest BCUT2D eigenvalue weighted by molar-refractivity contribution is 7.16. The molecule has 1 unspecified atom stereocenters. The molecule has 1 fully saturated rings. The van der Waals surface area contributed by atoms with Gasteiger partial charge in [-0.05, 0) is 24.6 Å². The normalized spacial score (nSPS) is 19.7. The summed E-state index contributed by atoms with van der Waals surface area (Å²) >= 11 is 7.63. The van der Waals surface area contributed by atoms with E-state index in [1.807, 2.05) is 25.4 Å². The summed E-state index contributed by atoms with van der Waals surface area (Å²) in [5, 5.41) is 3.51. The Kier molecular flexibility index (Phi) is 3.68. The van der Waals surface area contributed by atoms with Gasteiger partial charge in [-0.15, -0.1) is 11.3 Å². The second-order valence-electron chi connectivity index (χ2n) is 4.66. The van der Waals surface area contributed by atoms with Crippen molar-refractivity contribution < 1.29 is 0 Å². The van der Waals surface area contributed by atoms with E-state index in [1.54, 1.807) is 11.3 Å². The van der Waals surface area contributed by atoms with Gasteiger partial charge >= 0.3 is 0 Å². The molecule has 2 aromatic heterocycles. The monoisotopic (exact) mass is 294 g/mol. The second-order valence-corrected chi connectivity index (χ2v) is 6.40. The maximum absolute atomic E-state index is 6.00. The number of rotatable bonds is 2. The van der Waals surface area contributed by atoms with E-state index in [0.717, 1.165) is 35.5 Å². The summed E-state index contributed by atoms with van der Waals surface area (Å²) in [7, 11) is 0. The van der Waals surface area contributed by atoms with Crippen LogP contribution in [0.15, 0.2) is 24.5 Å². The molecular formula is C13H15ClN4S. The lowest BCUT2D eigenvalue weighted by Crippen LogP contribution is -2.46. The van der Waals surface area contributed by atoms with Crippen LogP contribution in [0.3, 0.4) is 0 Å². The van der Waals surface area contributed by atoms with E-state index >= 15 is 0 Å². The van der Waals surface area contributed by atoms with Gasteiger partial charge in [0.2, 0.25) is 5.95 Å². The topological polar surface area (TPSA) is 41.1 Å². The molecule has 1 N–H and O–H groups in total. The fourth-order valence-electron chi connectivity index (χ4n) is 2.19. The first-order valence-corrected chi connectivity index (χ1v) is 7.44. The van der Waals surface area contributed by atoms with Gasteiger partial charge in [-0.2, -0.15) is 0 Å². The second kappa shape index (κ2) is 5.45. The van der Waals surface area contributed by atoms with Crippen LogP contribution in [0.1, 0.15) is 16.5 Å². The van der Waals surface area contributed by atoms with Gasteiger partial charge in [0.05, 0.1) is 10.4 Å². The molecule has 4 nitrogen and oxygen atoms in total. The minimum atomic E-state index is 0.302. The number of aryl methyl sites for hydroxylation is 1. The molecule has 100 valence electrons. The molecular weight excluding hydrogens is 280 g/mol. The number of aromatic nitrogens is 2. The SMILES string of the molecule is Cc1cnc(N2CCNC(c3ccc(Cl)s3)C2)nc1. The van der Waals surface area contributed by atoms with Gasteiger partial charge in [-0.25, -0.2) is 9.97 Å². The maximum Gasteiger partial charge on any atom is 0.225 e. The van der Waals surface area contributed by atoms with Gasteiger partial charge in [0.1, 0.15) is 0 Å². The average Bonchev–Trinajstić information content (AvgIpc) is 2.86. The van der Waals surface area contributed by atoms with Gasteiger partial charge in [0, 0.05) is 36.9 Å². The Labute approximate surface area is 121 Å². The average molecular weight is 295 g/mol. The first kappa shape index (κ1) is 12.8. The zero-order chi connectivity index (χ0) is 13.2. The molecule has 0 radical (unpaired) electrons. The number of nitrogens with one attached hydrogen (secondary N) is 1. The third kappa shape index (κ3) is 2.88. The zero-order valence-corrected chi connectivity index (χ0v) is 12.2. The van der Waals surface area contributed by atoms with Crippen LogP contribution in [0.5, 0.6) is 0 Å². The Morgan fingerprint density at radius 3 is 2.84 bits per heavy atom. The largest absolute Gasteiger partial charge is 0.338 e. The summed E-state index contributed by atoms with van der Waals surface area (Å²) in [6.45, 7) is 4.73. The van der Waals surface area contributed by atoms with Crippen molar-refractivity contribution >= 4 is 28.9 Å². The van der Waals surface area contributed by atoms with Crippen molar-refractivity contribution in [2.45, 2.75) is 13.0 Å². The van der Waals surface area contributed by atoms with Crippen molar-refractivity contribution in [3.63, 3.8) is 0 Å². The van der Waals surface area contributed by atoms with Crippen LogP contribution in [-0.2, 0) is 0 Å². The van der Waals surface area contributed by atoms with Gasteiger partial charge < -0.3 is 10.2 Å². The molecule has 3 heterocycles. The first-order valence-electron chi connectivity index (χ1n) is 6.24. The molecule has 1 aliphatic rings. The van der Waals surface area contributed by atoms with Crippen molar-refractivity contribution in [2.24, 2.45) is 0 Å². The fourth-order valence-corrected chi connectivity index (χ4v) is 3.31. The Bertz CT molecular complexity index is 554. The molecule has 0 aromatic carbocycles. The van der Waals surface area contributed by atoms with Crippen LogP contribution in [0, 0.1) is 6.92 Å². The van der Waals surface area contributed by atoms with Gasteiger partial charge in [0.25, 0.3) is 0 Å². The summed E-state index contributed by atoms with van der Waals surface area (Å²) in [6, 6.07) is 4.34. The first-order chi connectivity index (χ1) is 9.22. The highest BCUT2D eigenvalue weighted by atomic mass is 35.5. The van der Waals surface area contributed by atoms with Crippen LogP contribution < -0.4 is 10.2 Å². The summed E-state index contributed by atoms with van der Waals surface area (Å²) in [6.07, 6.45) is 3.72. The third-order valence-corrected chi connectivity index (χ3v) is 4.51. The van der Waals surface area contributed by atoms with Crippen LogP contribution in [0.2, 0.25) is 4.34 Å². The number of anilines is 1. The quantitative estimate of drug-likeness (QED) is 0.924. The molecule has 0 bridgehead atoms. The molecule has 6 heteroatoms. The zero-order valence-electron chi connectivity index (χ0n) is 10.6. The van der Waals surface area contributed by atoms with E-state index in [0.29, 0.717) is 6.04 Å². The molecule has 3 rings (SSSR count). The van der Waals surface area contributed by atoms with Gasteiger partial charge in [-0.3, -0.25) is 0 Å². The molecule has 1 aliphatic heterocycles. The molecule has 0 saturated carbocycles. The number of hydrogen-bond donors (Lipinski definition) is 1. The lowest BCUT2D eigenvalue weighted by atomic mass is 10.2. The molecule has 0 aliphatic carbocycles. The third-order valence-electron chi connectivity index (χ3n) is 3.16. The Hall–Kier alpha value is -1.17. The predicted octanol–water partition coefficient (Wildman–Crippen LogP) is 2.65. The van der Waals surface area contributed by atoms with E-state index in [4.69, 9.17) is 11.6 Å². The number of hydrogen-bond acceptors (Lipinski definition) is 5. The number of piperazine rings is 1. The van der Waals surface area contributed by atoms with E-state index in [1.165, 1.54) is 4.88 Å². The van der Waals surface area contributed by atoms with Crippen molar-refractivity contribution in [3.05, 3.63) is 39.3 Å². The number of nitrogens with zero attached hydrogens (tertiary/aromatic N) is 3. The maximum atomic E-state index is 6.00. The van der Waals surface area contributed by atoms with Crippen molar-refractivity contribution in [3.8, 4) is 0 Å². The molecule has 1 saturated heterocycles. The summed E-state index contributed by atoms with van der Waals surface area (Å²) in [5.41, 5.74) is 1.08. The minimum Gasteiger partial charge on any atom is -0.338 e. The minimum absolute atomic E-state index is 0.302. The predicted molar refractivity (Wildman–Crippen MR) is 79.1 cm³/mol. The van der Waals surface area contributed by atoms with Crippen molar-refractivity contribution in [1.29, 1.82) is 0 Å². The highest BCUT2D eigenvalue weighted by Gasteiger charge is 2.23. The van der Waals surface area contributed by atoms with E-state index < -0.39 is 0 Å². The van der Waals surface area contributed by atoms with Crippen molar-refractivity contribution in [2.75, 3.05) is 24.5 Å². The Morgan fingerprint density at radius 1 is 1.37 bits per heavy atom. The lowest BCUT2D eigenvalue weighted by Gasteiger charge is -2.33. The summed E-state index contributed by atoms with van der Waals surface area (Å²) in [4.78, 5) is 12.3. The number of halogens is 1. The molecule has 0 spiro atoms. The van der Waals surface area contributed by atoms with Gasteiger partial charge in [-0.1, -0.05) is 11.6 Å². The summed E-state index contributed by atoms with van der Waals surface area (Å²) in [5.74, 6) is 0.805. The van der Waals surface area contributed by atoms with E-state index in [9.17, 15) is 0 Å². The molecule has 1 atom stereocenters. The lowest BCUT2D eigenvalue weighted by molar-refractivity contribution is 0.472. The Balaban J connectivity index is 1.76. The standard InChI is InChI=1S/C13H15ClN4S/c1-9-6-16-13(17-7-9)18-5-4-15-10(8-18)11-2-3-12(14)19-11/h2-3,6-7,10,15H,4-5,8H2,1H3. The molecule has 19 heavy (non-hydrogen) atoms. The number of thiophene rings is 1. The Morgan fingerprint density at radius 2 is 2.16 bits per heavy atom. The van der Waals surface area contributed by atoms with Crippen molar-refractivity contribution in [1.82, 2.24) is 15.3 Å². The summed E-state index contributed by atoms with van der Waals surface area (Å²) < 4.78 is 0.834. The van der Waals surface area contributed by atoms with Gasteiger partial charge in [0.15, 0.2) is 0 Å². The fraction of sp³-hybridized carbons (Fsp3) is 0.385. The molecule has 0 amide bonds. The van der Waals surface area contributed by atoms with Crippen LogP contribution >= 0.6 is 22.9 Å². The van der Waals surface area contributed by atoms with E-state index in [2.05, 4.69) is 26.3 Å². The molecule has 2 aromatic rings. The van der Waals surface area contributed by atoms with Crippen LogP contribution in [-0.4, -0.2) is 29.6 Å². The van der Waals surface area contributed by atoms with Crippen LogP contribution in [0.25, 0.3) is 0 Å². The van der Waals surface area contributed by atoms with Crippen LogP contribution in [0.4, 0.5) is 5.95 Å². The van der Waals surface area contributed by atoms with E-state index in [-0.39, 0.29) is 0 Å². The highest BCUT2D eigenvalue weighted by Crippen LogP contribution is 2.29. The smallest absolute Gasteiger partial charge is 0.225 e.